The predicted octanol–water partition coefficient (Wildman–Crippen LogP) is 3.06. The average molecular weight is 424 g/mol. The zero-order chi connectivity index (χ0) is 21.0. The maximum absolute atomic E-state index is 13.4. The molecule has 2 N–H and O–H groups in total. The van der Waals surface area contributed by atoms with Crippen LogP contribution in [-0.4, -0.2) is 24.4 Å². The van der Waals surface area contributed by atoms with Crippen molar-refractivity contribution in [2.45, 2.75) is 24.9 Å². The van der Waals surface area contributed by atoms with Crippen LogP contribution in [0.4, 0.5) is 8.78 Å². The minimum absolute atomic E-state index is 0.303. The number of halogens is 2. The van der Waals surface area contributed by atoms with Gasteiger partial charge in [0.05, 0.1) is 12.6 Å². The first-order valence-corrected chi connectivity index (χ1v) is 11.2. The van der Waals surface area contributed by atoms with E-state index in [0.29, 0.717) is 6.54 Å². The fourth-order valence-corrected chi connectivity index (χ4v) is 6.14. The molecule has 154 valence electrons. The van der Waals surface area contributed by atoms with Crippen molar-refractivity contribution in [3.63, 3.8) is 0 Å². The maximum atomic E-state index is 13.4. The highest BCUT2D eigenvalue weighted by Crippen LogP contribution is 2.34. The van der Waals surface area contributed by atoms with Crippen LogP contribution in [0.15, 0.2) is 84.9 Å². The molecule has 0 aliphatic carbocycles. The Morgan fingerprint density at radius 2 is 1.50 bits per heavy atom. The van der Waals surface area contributed by atoms with E-state index in [1.54, 1.807) is 0 Å². The Kier molecular flexibility index (Phi) is 6.21. The van der Waals surface area contributed by atoms with E-state index in [1.165, 1.54) is 10.6 Å². The number of hydrogen-bond acceptors (Lipinski definition) is 2. The molecule has 1 heterocycles. The molecule has 0 radical (unpaired) electrons. The Morgan fingerprint density at radius 1 is 0.933 bits per heavy atom. The van der Waals surface area contributed by atoms with Gasteiger partial charge in [-0.15, -0.1) is 0 Å². The second-order valence-corrected chi connectivity index (χ2v) is 9.53. The van der Waals surface area contributed by atoms with Gasteiger partial charge in [-0.05, 0) is 29.4 Å². The van der Waals surface area contributed by atoms with Gasteiger partial charge in [0.25, 0.3) is 5.92 Å². The van der Waals surface area contributed by atoms with Gasteiger partial charge in [0.2, 0.25) is 5.91 Å². The van der Waals surface area contributed by atoms with E-state index >= 15 is 0 Å². The minimum Gasteiger partial charge on any atom is -0.351 e. The molecule has 4 rings (SSSR count). The molecule has 6 heteroatoms. The Morgan fingerprint density at radius 3 is 2.07 bits per heavy atom. The van der Waals surface area contributed by atoms with Gasteiger partial charge >= 0.3 is 0 Å². The minimum atomic E-state index is -2.82. The predicted molar refractivity (Wildman–Crippen MR) is 118 cm³/mol. The number of alkyl halides is 2. The Bertz CT molecular complexity index is 959. The van der Waals surface area contributed by atoms with Crippen LogP contribution in [-0.2, 0) is 11.3 Å². The number of amides is 1. The van der Waals surface area contributed by atoms with Crippen LogP contribution in [0.3, 0.4) is 0 Å². The standard InChI is InChI=1S/C24H23F2N2OP/c25-24(26)15-21(28-17-24)23(29)27-16-18-9-7-8-14-22(18)30(19-10-3-1-4-11-19)20-12-5-2-6-13-20/h1-14,21,28H,15-17H2,(H,27,29)/t21-/m0/s1. The van der Waals surface area contributed by atoms with E-state index in [1.807, 2.05) is 54.6 Å². The Hall–Kier alpha value is -2.62. The summed E-state index contributed by atoms with van der Waals surface area (Å²) in [5.74, 6) is -3.21. The van der Waals surface area contributed by atoms with Gasteiger partial charge < -0.3 is 5.32 Å². The van der Waals surface area contributed by atoms with Crippen molar-refractivity contribution in [3.8, 4) is 0 Å². The van der Waals surface area contributed by atoms with Crippen molar-refractivity contribution in [3.05, 3.63) is 90.5 Å². The van der Waals surface area contributed by atoms with E-state index in [9.17, 15) is 13.6 Å². The lowest BCUT2D eigenvalue weighted by Gasteiger charge is -2.22. The molecule has 1 saturated heterocycles. The quantitative estimate of drug-likeness (QED) is 0.598. The lowest BCUT2D eigenvalue weighted by molar-refractivity contribution is -0.123. The second kappa shape index (κ2) is 9.03. The number of rotatable bonds is 6. The number of benzene rings is 3. The summed E-state index contributed by atoms with van der Waals surface area (Å²) in [6.45, 7) is -0.147. The Labute approximate surface area is 176 Å². The van der Waals surface area contributed by atoms with Crippen LogP contribution in [0.1, 0.15) is 12.0 Å². The SMILES string of the molecule is O=C(NCc1ccccc1P(c1ccccc1)c1ccccc1)[C@@H]1CC(F)(F)CN1. The summed E-state index contributed by atoms with van der Waals surface area (Å²) in [6.07, 6.45) is -0.457. The molecule has 3 aromatic carbocycles. The highest BCUT2D eigenvalue weighted by molar-refractivity contribution is 7.79. The first-order valence-electron chi connectivity index (χ1n) is 9.90. The zero-order valence-corrected chi connectivity index (χ0v) is 17.3. The molecule has 1 atom stereocenters. The molecule has 0 saturated carbocycles. The Balaban J connectivity index is 1.60. The number of carbonyl (C=O) groups excluding carboxylic acids is 1. The smallest absolute Gasteiger partial charge is 0.262 e. The summed E-state index contributed by atoms with van der Waals surface area (Å²) < 4.78 is 26.8. The van der Waals surface area contributed by atoms with E-state index in [-0.39, 0.29) is 5.91 Å². The molecule has 3 aromatic rings. The molecule has 1 amide bonds. The molecule has 0 aromatic heterocycles. The molecule has 30 heavy (non-hydrogen) atoms. The highest BCUT2D eigenvalue weighted by atomic mass is 31.1. The van der Waals surface area contributed by atoms with E-state index in [2.05, 4.69) is 41.0 Å². The summed E-state index contributed by atoms with van der Waals surface area (Å²) in [4.78, 5) is 12.4. The molecule has 3 nitrogen and oxygen atoms in total. The van der Waals surface area contributed by atoms with Crippen molar-refractivity contribution in [2.24, 2.45) is 0 Å². The van der Waals surface area contributed by atoms with E-state index < -0.39 is 32.9 Å². The number of nitrogens with one attached hydrogen (secondary N) is 2. The van der Waals surface area contributed by atoms with Crippen LogP contribution in [0.25, 0.3) is 0 Å². The van der Waals surface area contributed by atoms with Crippen LogP contribution < -0.4 is 26.5 Å². The van der Waals surface area contributed by atoms with Gasteiger partial charge in [-0.25, -0.2) is 8.78 Å². The maximum Gasteiger partial charge on any atom is 0.262 e. The second-order valence-electron chi connectivity index (χ2n) is 7.35. The summed E-state index contributed by atoms with van der Waals surface area (Å²) in [5, 5.41) is 9.05. The molecule has 0 unspecified atom stereocenters. The fourth-order valence-electron chi connectivity index (χ4n) is 3.67. The number of carbonyl (C=O) groups is 1. The van der Waals surface area contributed by atoms with Gasteiger partial charge in [0.15, 0.2) is 0 Å². The van der Waals surface area contributed by atoms with Gasteiger partial charge in [-0.3, -0.25) is 10.1 Å². The number of hydrogen-bond donors (Lipinski definition) is 2. The van der Waals surface area contributed by atoms with Crippen molar-refractivity contribution >= 4 is 29.7 Å². The fraction of sp³-hybridized carbons (Fsp3) is 0.208. The molecule has 1 fully saturated rings. The summed E-state index contributed by atoms with van der Waals surface area (Å²) >= 11 is 0. The molecular formula is C24H23F2N2OP. The van der Waals surface area contributed by atoms with E-state index in [4.69, 9.17) is 0 Å². The summed E-state index contributed by atoms with van der Waals surface area (Å²) in [6, 6.07) is 27.8. The van der Waals surface area contributed by atoms with Gasteiger partial charge in [-0.2, -0.15) is 0 Å². The lowest BCUT2D eigenvalue weighted by atomic mass is 10.1. The van der Waals surface area contributed by atoms with Crippen molar-refractivity contribution < 1.29 is 13.6 Å². The molecular weight excluding hydrogens is 401 g/mol. The van der Waals surface area contributed by atoms with Crippen molar-refractivity contribution in [1.82, 2.24) is 10.6 Å². The van der Waals surface area contributed by atoms with E-state index in [0.717, 1.165) is 10.9 Å². The highest BCUT2D eigenvalue weighted by Gasteiger charge is 2.42. The molecule has 1 aliphatic rings. The monoisotopic (exact) mass is 424 g/mol. The zero-order valence-electron chi connectivity index (χ0n) is 16.4. The van der Waals surface area contributed by atoms with Gasteiger partial charge in [0, 0.05) is 13.0 Å². The molecule has 1 aliphatic heterocycles. The van der Waals surface area contributed by atoms with Crippen LogP contribution in [0.5, 0.6) is 0 Å². The first kappa shape index (κ1) is 20.6. The third-order valence-corrected chi connectivity index (χ3v) is 7.69. The summed E-state index contributed by atoms with van der Waals surface area (Å²) in [7, 11) is -0.810. The third kappa shape index (κ3) is 4.75. The topological polar surface area (TPSA) is 41.1 Å². The van der Waals surface area contributed by atoms with Crippen LogP contribution in [0.2, 0.25) is 0 Å². The third-order valence-electron chi connectivity index (χ3n) is 5.14. The van der Waals surface area contributed by atoms with Gasteiger partial charge in [0.1, 0.15) is 0 Å². The largest absolute Gasteiger partial charge is 0.351 e. The van der Waals surface area contributed by atoms with Crippen molar-refractivity contribution in [2.75, 3.05) is 6.54 Å². The average Bonchev–Trinajstić information content (AvgIpc) is 3.14. The first-order chi connectivity index (χ1) is 14.5. The normalized spacial score (nSPS) is 17.8. The van der Waals surface area contributed by atoms with Gasteiger partial charge in [-0.1, -0.05) is 84.9 Å². The molecule has 0 bridgehead atoms. The summed E-state index contributed by atoms with van der Waals surface area (Å²) in [5.41, 5.74) is 0.995. The van der Waals surface area contributed by atoms with Crippen LogP contribution >= 0.6 is 7.92 Å². The van der Waals surface area contributed by atoms with Crippen LogP contribution in [0, 0.1) is 0 Å². The van der Waals surface area contributed by atoms with Crippen molar-refractivity contribution in [1.29, 1.82) is 0 Å². The molecule has 0 spiro atoms. The lowest BCUT2D eigenvalue weighted by Crippen LogP contribution is -2.40.